The molecule has 2 aromatic rings. The molecule has 4 rings (SSSR count). The largest absolute Gasteiger partial charge is 0.397 e. The summed E-state index contributed by atoms with van der Waals surface area (Å²) in [7, 11) is 0. The van der Waals surface area contributed by atoms with Gasteiger partial charge in [-0.1, -0.05) is 43.2 Å². The quantitative estimate of drug-likeness (QED) is 0.872. The van der Waals surface area contributed by atoms with E-state index in [9.17, 15) is 9.90 Å². The summed E-state index contributed by atoms with van der Waals surface area (Å²) in [5.41, 5.74) is 7.00. The van der Waals surface area contributed by atoms with Gasteiger partial charge >= 0.3 is 0 Å². The van der Waals surface area contributed by atoms with Crippen LogP contribution in [0.15, 0.2) is 48.8 Å². The summed E-state index contributed by atoms with van der Waals surface area (Å²) in [4.78, 5) is 19.1. The topological polar surface area (TPSA) is 79.5 Å². The van der Waals surface area contributed by atoms with Gasteiger partial charge in [-0.3, -0.25) is 9.78 Å². The second kappa shape index (κ2) is 6.72. The number of fused-ring (bicyclic) bond motifs is 1. The Morgan fingerprint density at radius 3 is 2.73 bits per heavy atom. The van der Waals surface area contributed by atoms with E-state index < -0.39 is 5.60 Å². The predicted octanol–water partition coefficient (Wildman–Crippen LogP) is 2.96. The Kier molecular flexibility index (Phi) is 4.41. The first kappa shape index (κ1) is 17.0. The fourth-order valence-corrected chi connectivity index (χ4v) is 4.78. The molecule has 0 bridgehead atoms. The Balaban J connectivity index is 1.67. The van der Waals surface area contributed by atoms with E-state index in [0.29, 0.717) is 24.2 Å². The van der Waals surface area contributed by atoms with Gasteiger partial charge in [0.25, 0.3) is 5.91 Å². The molecule has 1 saturated carbocycles. The molecule has 5 nitrogen and oxygen atoms in total. The van der Waals surface area contributed by atoms with Crippen molar-refractivity contribution in [3.63, 3.8) is 0 Å². The van der Waals surface area contributed by atoms with E-state index in [1.807, 2.05) is 35.2 Å². The van der Waals surface area contributed by atoms with Crippen LogP contribution in [0.4, 0.5) is 5.69 Å². The van der Waals surface area contributed by atoms with Crippen LogP contribution in [0.2, 0.25) is 0 Å². The lowest BCUT2D eigenvalue weighted by molar-refractivity contribution is -0.110. The van der Waals surface area contributed by atoms with Crippen LogP contribution in [-0.4, -0.2) is 33.5 Å². The van der Waals surface area contributed by atoms with Crippen LogP contribution in [0.5, 0.6) is 0 Å². The smallest absolute Gasteiger partial charge is 0.256 e. The highest BCUT2D eigenvalue weighted by atomic mass is 16.3. The standard InChI is InChI=1S/C21H25N3O2/c22-18-14-23-12-10-16(18)20(25)24-13-11-21(26,15-6-2-1-3-7-15)17-8-4-5-9-19(17)24/h1-3,6-7,10,12,14,17,19,26H,4-5,8-9,11,13,22H2. The third kappa shape index (κ3) is 2.76. The lowest BCUT2D eigenvalue weighted by atomic mass is 9.66. The first-order valence-corrected chi connectivity index (χ1v) is 9.39. The van der Waals surface area contributed by atoms with Crippen molar-refractivity contribution in [3.8, 4) is 0 Å². The maximum absolute atomic E-state index is 13.2. The Hall–Kier alpha value is -2.40. The third-order valence-electron chi connectivity index (χ3n) is 6.09. The molecule has 3 N–H and O–H groups in total. The molecule has 1 aliphatic heterocycles. The number of piperidine rings is 1. The van der Waals surface area contributed by atoms with Gasteiger partial charge in [0.05, 0.1) is 23.0 Å². The van der Waals surface area contributed by atoms with E-state index in [-0.39, 0.29) is 17.9 Å². The number of nitrogens with zero attached hydrogens (tertiary/aromatic N) is 2. The molecule has 1 aromatic heterocycles. The highest BCUT2D eigenvalue weighted by molar-refractivity contribution is 5.99. The second-order valence-electron chi connectivity index (χ2n) is 7.46. The molecule has 0 radical (unpaired) electrons. The summed E-state index contributed by atoms with van der Waals surface area (Å²) in [5, 5.41) is 11.6. The number of benzene rings is 1. The Morgan fingerprint density at radius 1 is 1.19 bits per heavy atom. The molecule has 1 aromatic carbocycles. The van der Waals surface area contributed by atoms with Gasteiger partial charge in [0.1, 0.15) is 0 Å². The zero-order valence-corrected chi connectivity index (χ0v) is 14.8. The molecule has 3 atom stereocenters. The van der Waals surface area contributed by atoms with Crippen molar-refractivity contribution in [1.82, 2.24) is 9.88 Å². The number of anilines is 1. The normalized spacial score (nSPS) is 28.4. The third-order valence-corrected chi connectivity index (χ3v) is 6.09. The number of likely N-dealkylation sites (tertiary alicyclic amines) is 1. The van der Waals surface area contributed by atoms with Gasteiger partial charge in [-0.25, -0.2) is 0 Å². The molecule has 5 heteroatoms. The lowest BCUT2D eigenvalue weighted by Crippen LogP contribution is -2.59. The zero-order chi connectivity index (χ0) is 18.1. The molecule has 3 unspecified atom stereocenters. The molecule has 1 saturated heterocycles. The van der Waals surface area contributed by atoms with Crippen LogP contribution in [0.1, 0.15) is 48.0 Å². The van der Waals surface area contributed by atoms with Crippen molar-refractivity contribution in [2.24, 2.45) is 5.92 Å². The predicted molar refractivity (Wildman–Crippen MR) is 100 cm³/mol. The number of hydrogen-bond acceptors (Lipinski definition) is 4. The Labute approximate surface area is 153 Å². The van der Waals surface area contributed by atoms with Crippen molar-refractivity contribution in [2.45, 2.75) is 43.7 Å². The highest BCUT2D eigenvalue weighted by Crippen LogP contribution is 2.47. The van der Waals surface area contributed by atoms with Crippen LogP contribution >= 0.6 is 0 Å². The van der Waals surface area contributed by atoms with Crippen molar-refractivity contribution >= 4 is 11.6 Å². The van der Waals surface area contributed by atoms with E-state index in [2.05, 4.69) is 4.98 Å². The van der Waals surface area contributed by atoms with Gasteiger partial charge in [0, 0.05) is 24.7 Å². The van der Waals surface area contributed by atoms with Crippen molar-refractivity contribution in [3.05, 3.63) is 59.9 Å². The molecule has 2 fully saturated rings. The fraction of sp³-hybridized carbons (Fsp3) is 0.429. The van der Waals surface area contributed by atoms with E-state index in [1.54, 1.807) is 12.3 Å². The first-order valence-electron chi connectivity index (χ1n) is 9.39. The van der Waals surface area contributed by atoms with Gasteiger partial charge in [-0.05, 0) is 30.9 Å². The van der Waals surface area contributed by atoms with Gasteiger partial charge in [-0.15, -0.1) is 0 Å². The summed E-state index contributed by atoms with van der Waals surface area (Å²) >= 11 is 0. The summed E-state index contributed by atoms with van der Waals surface area (Å²) in [6, 6.07) is 11.7. The molecule has 1 aliphatic carbocycles. The molecule has 1 amide bonds. The molecular weight excluding hydrogens is 326 g/mol. The number of aliphatic hydroxyl groups is 1. The highest BCUT2D eigenvalue weighted by Gasteiger charge is 2.50. The van der Waals surface area contributed by atoms with Crippen LogP contribution in [-0.2, 0) is 5.60 Å². The first-order chi connectivity index (χ1) is 12.6. The number of hydrogen-bond donors (Lipinski definition) is 2. The van der Waals surface area contributed by atoms with Crippen molar-refractivity contribution in [1.29, 1.82) is 0 Å². The summed E-state index contributed by atoms with van der Waals surface area (Å²) in [5.74, 6) is 0.0105. The second-order valence-corrected chi connectivity index (χ2v) is 7.46. The van der Waals surface area contributed by atoms with Crippen LogP contribution in [0.3, 0.4) is 0 Å². The Morgan fingerprint density at radius 2 is 1.96 bits per heavy atom. The van der Waals surface area contributed by atoms with Crippen LogP contribution < -0.4 is 5.73 Å². The molecule has 2 aliphatic rings. The molecule has 2 heterocycles. The maximum atomic E-state index is 13.2. The number of amides is 1. The number of rotatable bonds is 2. The van der Waals surface area contributed by atoms with E-state index >= 15 is 0 Å². The van der Waals surface area contributed by atoms with Crippen molar-refractivity contribution < 1.29 is 9.90 Å². The average Bonchev–Trinajstić information content (AvgIpc) is 2.69. The summed E-state index contributed by atoms with van der Waals surface area (Å²) < 4.78 is 0. The molecule has 26 heavy (non-hydrogen) atoms. The number of aromatic nitrogens is 1. The minimum Gasteiger partial charge on any atom is -0.397 e. The number of nitrogens with two attached hydrogens (primary N) is 1. The summed E-state index contributed by atoms with van der Waals surface area (Å²) in [6.07, 6.45) is 7.72. The van der Waals surface area contributed by atoms with Crippen LogP contribution in [0.25, 0.3) is 0 Å². The molecule has 136 valence electrons. The maximum Gasteiger partial charge on any atom is 0.256 e. The van der Waals surface area contributed by atoms with E-state index in [1.165, 1.54) is 6.20 Å². The van der Waals surface area contributed by atoms with Gasteiger partial charge in [0.15, 0.2) is 0 Å². The average molecular weight is 351 g/mol. The minimum absolute atomic E-state index is 0.0442. The lowest BCUT2D eigenvalue weighted by Gasteiger charge is -2.52. The minimum atomic E-state index is -0.868. The Bertz CT molecular complexity index is 795. The number of carbonyl (C=O) groups excluding carboxylic acids is 1. The number of nitrogen functional groups attached to an aromatic ring is 1. The molecular formula is C21H25N3O2. The fourth-order valence-electron chi connectivity index (χ4n) is 4.78. The zero-order valence-electron chi connectivity index (χ0n) is 14.8. The van der Waals surface area contributed by atoms with Gasteiger partial charge < -0.3 is 15.7 Å². The van der Waals surface area contributed by atoms with Gasteiger partial charge in [-0.2, -0.15) is 0 Å². The monoisotopic (exact) mass is 351 g/mol. The SMILES string of the molecule is Nc1cnccc1C(=O)N1CCC(O)(c2ccccc2)C2CCCCC21. The van der Waals surface area contributed by atoms with Gasteiger partial charge in [0.2, 0.25) is 0 Å². The summed E-state index contributed by atoms with van der Waals surface area (Å²) in [6.45, 7) is 0.535. The van der Waals surface area contributed by atoms with E-state index in [4.69, 9.17) is 5.73 Å². The van der Waals surface area contributed by atoms with E-state index in [0.717, 1.165) is 31.2 Å². The van der Waals surface area contributed by atoms with Crippen molar-refractivity contribution in [2.75, 3.05) is 12.3 Å². The number of pyridine rings is 1. The molecule has 0 spiro atoms. The van der Waals surface area contributed by atoms with Crippen LogP contribution in [0, 0.1) is 5.92 Å². The number of carbonyl (C=O) groups is 1.